The molecule has 176 valence electrons. The summed E-state index contributed by atoms with van der Waals surface area (Å²) in [6.45, 7) is 5.94. The molecular formula is C27H29N3O3S. The van der Waals surface area contributed by atoms with Crippen LogP contribution in [-0.4, -0.2) is 23.0 Å². The van der Waals surface area contributed by atoms with E-state index in [0.717, 1.165) is 12.0 Å². The zero-order valence-corrected chi connectivity index (χ0v) is 20.3. The predicted octanol–water partition coefficient (Wildman–Crippen LogP) is 5.48. The number of rotatable bonds is 8. The maximum atomic E-state index is 12.7. The molecule has 3 rings (SSSR count). The topological polar surface area (TPSA) is 79.5 Å². The van der Waals surface area contributed by atoms with Crippen molar-refractivity contribution in [2.24, 2.45) is 0 Å². The maximum Gasteiger partial charge on any atom is 0.257 e. The highest BCUT2D eigenvalue weighted by molar-refractivity contribution is 7.80. The van der Waals surface area contributed by atoms with Crippen molar-refractivity contribution in [3.05, 3.63) is 95.6 Å². The van der Waals surface area contributed by atoms with Crippen LogP contribution in [0.1, 0.15) is 59.5 Å². The second-order valence-electron chi connectivity index (χ2n) is 7.96. The molecule has 3 aromatic carbocycles. The van der Waals surface area contributed by atoms with Gasteiger partial charge in [-0.1, -0.05) is 49.4 Å². The Morgan fingerprint density at radius 1 is 0.882 bits per heavy atom. The average molecular weight is 476 g/mol. The predicted molar refractivity (Wildman–Crippen MR) is 139 cm³/mol. The SMILES string of the molecule is CCC(C)Oc1cccc(C(=O)NC(=S)Nc2cccc(C(=O)NC(C)c3ccccc3)c2)c1. The van der Waals surface area contributed by atoms with Crippen LogP contribution in [-0.2, 0) is 0 Å². The highest BCUT2D eigenvalue weighted by Crippen LogP contribution is 2.17. The lowest BCUT2D eigenvalue weighted by Crippen LogP contribution is -2.34. The van der Waals surface area contributed by atoms with Crippen LogP contribution >= 0.6 is 12.2 Å². The third kappa shape index (κ3) is 7.15. The van der Waals surface area contributed by atoms with Gasteiger partial charge in [-0.05, 0) is 74.4 Å². The van der Waals surface area contributed by atoms with E-state index >= 15 is 0 Å². The van der Waals surface area contributed by atoms with Crippen molar-refractivity contribution >= 4 is 34.8 Å². The molecule has 2 amide bonds. The van der Waals surface area contributed by atoms with Gasteiger partial charge in [0.2, 0.25) is 0 Å². The molecule has 0 saturated carbocycles. The summed E-state index contributed by atoms with van der Waals surface area (Å²) < 4.78 is 5.78. The maximum absolute atomic E-state index is 12.7. The van der Waals surface area contributed by atoms with Crippen molar-refractivity contribution in [1.29, 1.82) is 0 Å². The lowest BCUT2D eigenvalue weighted by atomic mass is 10.1. The molecule has 2 unspecified atom stereocenters. The smallest absolute Gasteiger partial charge is 0.257 e. The van der Waals surface area contributed by atoms with Gasteiger partial charge in [-0.25, -0.2) is 0 Å². The van der Waals surface area contributed by atoms with Crippen LogP contribution < -0.4 is 20.7 Å². The van der Waals surface area contributed by atoms with E-state index in [1.807, 2.05) is 57.2 Å². The van der Waals surface area contributed by atoms with Gasteiger partial charge in [-0.2, -0.15) is 0 Å². The minimum atomic E-state index is -0.349. The van der Waals surface area contributed by atoms with E-state index in [1.165, 1.54) is 0 Å². The van der Waals surface area contributed by atoms with Gasteiger partial charge in [0.1, 0.15) is 5.75 Å². The Balaban J connectivity index is 1.59. The standard InChI is InChI=1S/C27H29N3O3S/c1-4-18(2)33-24-15-9-13-22(17-24)26(32)30-27(34)29-23-14-8-12-21(16-23)25(31)28-19(3)20-10-6-5-7-11-20/h5-19H,4H2,1-3H3,(H,28,31)(H2,29,30,32,34). The van der Waals surface area contributed by atoms with E-state index in [2.05, 4.69) is 16.0 Å². The molecule has 34 heavy (non-hydrogen) atoms. The van der Waals surface area contributed by atoms with Gasteiger partial charge in [0, 0.05) is 16.8 Å². The van der Waals surface area contributed by atoms with Crippen molar-refractivity contribution in [3.8, 4) is 5.75 Å². The fourth-order valence-corrected chi connectivity index (χ4v) is 3.42. The molecule has 2 atom stereocenters. The number of carbonyl (C=O) groups is 2. The normalized spacial score (nSPS) is 12.2. The van der Waals surface area contributed by atoms with Gasteiger partial charge in [0.15, 0.2) is 5.11 Å². The van der Waals surface area contributed by atoms with E-state index in [9.17, 15) is 9.59 Å². The van der Waals surface area contributed by atoms with E-state index < -0.39 is 0 Å². The van der Waals surface area contributed by atoms with Crippen LogP contribution in [0.4, 0.5) is 5.69 Å². The molecular weight excluding hydrogens is 446 g/mol. The van der Waals surface area contributed by atoms with Crippen LogP contribution in [0.2, 0.25) is 0 Å². The summed E-state index contributed by atoms with van der Waals surface area (Å²) >= 11 is 5.30. The lowest BCUT2D eigenvalue weighted by molar-refractivity contribution is 0.0938. The molecule has 6 nitrogen and oxygen atoms in total. The lowest BCUT2D eigenvalue weighted by Gasteiger charge is -2.15. The summed E-state index contributed by atoms with van der Waals surface area (Å²) in [4.78, 5) is 25.3. The van der Waals surface area contributed by atoms with Gasteiger partial charge in [0.25, 0.3) is 11.8 Å². The Morgan fingerprint density at radius 2 is 1.56 bits per heavy atom. The van der Waals surface area contributed by atoms with Crippen LogP contribution in [0.15, 0.2) is 78.9 Å². The first-order chi connectivity index (χ1) is 16.4. The third-order valence-corrected chi connectivity index (χ3v) is 5.47. The number of carbonyl (C=O) groups excluding carboxylic acids is 2. The Bertz CT molecular complexity index is 1150. The van der Waals surface area contributed by atoms with Gasteiger partial charge >= 0.3 is 0 Å². The zero-order valence-electron chi connectivity index (χ0n) is 19.5. The highest BCUT2D eigenvalue weighted by Gasteiger charge is 2.13. The number of benzene rings is 3. The molecule has 0 aliphatic heterocycles. The van der Waals surface area contributed by atoms with Crippen LogP contribution in [0.3, 0.4) is 0 Å². The number of hydrogen-bond donors (Lipinski definition) is 3. The van der Waals surface area contributed by atoms with Crippen LogP contribution in [0, 0.1) is 0 Å². The second-order valence-corrected chi connectivity index (χ2v) is 8.37. The monoisotopic (exact) mass is 475 g/mol. The van der Waals surface area contributed by atoms with Crippen molar-refractivity contribution in [2.45, 2.75) is 39.3 Å². The summed E-state index contributed by atoms with van der Waals surface area (Å²) in [5, 5.41) is 8.76. The number of hydrogen-bond acceptors (Lipinski definition) is 4. The Kier molecular flexibility index (Phi) is 8.76. The minimum Gasteiger partial charge on any atom is -0.491 e. The first-order valence-corrected chi connectivity index (χ1v) is 11.6. The van der Waals surface area contributed by atoms with Crippen molar-refractivity contribution in [2.75, 3.05) is 5.32 Å². The number of nitrogens with one attached hydrogen (secondary N) is 3. The number of anilines is 1. The average Bonchev–Trinajstić information content (AvgIpc) is 2.84. The molecule has 0 fully saturated rings. The van der Waals surface area contributed by atoms with Gasteiger partial charge in [-0.3, -0.25) is 14.9 Å². The van der Waals surface area contributed by atoms with Gasteiger partial charge in [-0.15, -0.1) is 0 Å². The molecule has 7 heteroatoms. The van der Waals surface area contributed by atoms with E-state index in [1.54, 1.807) is 42.5 Å². The summed E-state index contributed by atoms with van der Waals surface area (Å²) in [6.07, 6.45) is 0.924. The van der Waals surface area contributed by atoms with E-state index in [4.69, 9.17) is 17.0 Å². The molecule has 0 saturated heterocycles. The molecule has 0 aromatic heterocycles. The molecule has 0 radical (unpaired) electrons. The number of ether oxygens (including phenoxy) is 1. The minimum absolute atomic E-state index is 0.0567. The Hall–Kier alpha value is -3.71. The first-order valence-electron chi connectivity index (χ1n) is 11.2. The van der Waals surface area contributed by atoms with E-state index in [-0.39, 0.29) is 29.1 Å². The van der Waals surface area contributed by atoms with Gasteiger partial charge < -0.3 is 15.4 Å². The summed E-state index contributed by atoms with van der Waals surface area (Å²) in [5.74, 6) is 0.0788. The second kappa shape index (κ2) is 12.0. The quantitative estimate of drug-likeness (QED) is 0.376. The fourth-order valence-electron chi connectivity index (χ4n) is 3.21. The fraction of sp³-hybridized carbons (Fsp3) is 0.222. The first kappa shape index (κ1) is 24.9. The van der Waals surface area contributed by atoms with E-state index in [0.29, 0.717) is 22.6 Å². The molecule has 0 heterocycles. The largest absolute Gasteiger partial charge is 0.491 e. The number of thiocarbonyl (C=S) groups is 1. The number of amides is 2. The highest BCUT2D eigenvalue weighted by atomic mass is 32.1. The molecule has 0 aliphatic carbocycles. The molecule has 0 bridgehead atoms. The Morgan fingerprint density at radius 3 is 2.26 bits per heavy atom. The molecule has 0 spiro atoms. The summed E-state index contributed by atoms with van der Waals surface area (Å²) in [6, 6.07) is 23.5. The van der Waals surface area contributed by atoms with Crippen molar-refractivity contribution in [3.63, 3.8) is 0 Å². The van der Waals surface area contributed by atoms with Crippen LogP contribution in [0.5, 0.6) is 5.75 Å². The van der Waals surface area contributed by atoms with Crippen LogP contribution in [0.25, 0.3) is 0 Å². The van der Waals surface area contributed by atoms with Crippen molar-refractivity contribution in [1.82, 2.24) is 10.6 Å². The molecule has 3 aromatic rings. The summed E-state index contributed by atoms with van der Waals surface area (Å²) in [5.41, 5.74) is 2.54. The third-order valence-electron chi connectivity index (χ3n) is 5.27. The van der Waals surface area contributed by atoms with Crippen molar-refractivity contribution < 1.29 is 14.3 Å². The summed E-state index contributed by atoms with van der Waals surface area (Å²) in [7, 11) is 0. The Labute approximate surface area is 205 Å². The molecule has 0 aliphatic rings. The van der Waals surface area contributed by atoms with Gasteiger partial charge in [0.05, 0.1) is 12.1 Å². The zero-order chi connectivity index (χ0) is 24.5. The molecule has 3 N–H and O–H groups in total.